The maximum atomic E-state index is 12.8. The summed E-state index contributed by atoms with van der Waals surface area (Å²) in [6.45, 7) is 3.08. The molecular formula is C24H28N4O2. The highest BCUT2D eigenvalue weighted by molar-refractivity contribution is 5.86. The molecule has 1 unspecified atom stereocenters. The molecule has 156 valence electrons. The number of rotatable bonds is 11. The Hall–Kier alpha value is -3.25. The Morgan fingerprint density at radius 2 is 1.87 bits per heavy atom. The van der Waals surface area contributed by atoms with E-state index in [0.717, 1.165) is 28.9 Å². The summed E-state index contributed by atoms with van der Waals surface area (Å²) >= 11 is 0. The normalized spacial score (nSPS) is 12.8. The summed E-state index contributed by atoms with van der Waals surface area (Å²) in [6.07, 6.45) is 9.03. The third-order valence-corrected chi connectivity index (χ3v) is 5.16. The van der Waals surface area contributed by atoms with Crippen LogP contribution in [0.4, 0.5) is 0 Å². The second-order valence-electron chi connectivity index (χ2n) is 7.12. The van der Waals surface area contributed by atoms with Crippen molar-refractivity contribution in [2.24, 2.45) is 5.73 Å². The van der Waals surface area contributed by atoms with E-state index in [1.54, 1.807) is 18.6 Å². The van der Waals surface area contributed by atoms with Crippen LogP contribution in [-0.2, 0) is 23.2 Å². The predicted molar refractivity (Wildman–Crippen MR) is 117 cm³/mol. The molecule has 0 spiro atoms. The Morgan fingerprint density at radius 3 is 2.57 bits per heavy atom. The monoisotopic (exact) mass is 404 g/mol. The van der Waals surface area contributed by atoms with E-state index in [1.165, 1.54) is 0 Å². The molecule has 0 saturated carbocycles. The van der Waals surface area contributed by atoms with Crippen molar-refractivity contribution >= 4 is 5.91 Å². The summed E-state index contributed by atoms with van der Waals surface area (Å²) in [6, 6.07) is 15.5. The van der Waals surface area contributed by atoms with E-state index >= 15 is 0 Å². The zero-order valence-corrected chi connectivity index (χ0v) is 17.3. The Balaban J connectivity index is 1.87. The fraction of sp³-hybridized carbons (Fsp3) is 0.292. The first-order valence-corrected chi connectivity index (χ1v) is 10.2. The standard InChI is InChI=1S/C24H28N4O2/c1-2-30-22-7-3-6-21(17-22)24(23(25)29,12-8-20-5-4-13-27-18-20)28-16-11-19-9-14-26-15-10-19/h3-7,9-10,13-15,17-18,28H,2,8,11-12,16H2,1H3,(H2,25,29). The Labute approximate surface area is 177 Å². The highest BCUT2D eigenvalue weighted by atomic mass is 16.5. The Bertz CT molecular complexity index is 934. The molecule has 3 aromatic rings. The van der Waals surface area contributed by atoms with Gasteiger partial charge in [0, 0.05) is 31.3 Å². The molecule has 1 aromatic carbocycles. The highest BCUT2D eigenvalue weighted by Gasteiger charge is 2.38. The van der Waals surface area contributed by atoms with Crippen LogP contribution in [0.5, 0.6) is 5.75 Å². The van der Waals surface area contributed by atoms with Crippen molar-refractivity contribution in [3.8, 4) is 5.75 Å². The predicted octanol–water partition coefficient (Wildman–Crippen LogP) is 3.02. The molecule has 0 saturated heterocycles. The molecule has 0 aliphatic heterocycles. The van der Waals surface area contributed by atoms with Gasteiger partial charge in [-0.15, -0.1) is 0 Å². The largest absolute Gasteiger partial charge is 0.494 e. The lowest BCUT2D eigenvalue weighted by molar-refractivity contribution is -0.125. The molecule has 2 aromatic heterocycles. The molecule has 6 nitrogen and oxygen atoms in total. The van der Waals surface area contributed by atoms with Gasteiger partial charge < -0.3 is 10.5 Å². The van der Waals surface area contributed by atoms with E-state index in [4.69, 9.17) is 10.5 Å². The number of hydrogen-bond donors (Lipinski definition) is 2. The van der Waals surface area contributed by atoms with Crippen molar-refractivity contribution < 1.29 is 9.53 Å². The lowest BCUT2D eigenvalue weighted by Gasteiger charge is -2.33. The maximum absolute atomic E-state index is 12.8. The minimum atomic E-state index is -1.02. The molecule has 3 N–H and O–H groups in total. The van der Waals surface area contributed by atoms with Crippen LogP contribution in [-0.4, -0.2) is 29.0 Å². The summed E-state index contributed by atoms with van der Waals surface area (Å²) in [5.74, 6) is 0.313. The van der Waals surface area contributed by atoms with Crippen LogP contribution < -0.4 is 15.8 Å². The van der Waals surface area contributed by atoms with Crippen molar-refractivity contribution in [3.05, 3.63) is 90.0 Å². The van der Waals surface area contributed by atoms with Crippen LogP contribution in [0, 0.1) is 0 Å². The van der Waals surface area contributed by atoms with E-state index in [-0.39, 0.29) is 0 Å². The molecular weight excluding hydrogens is 376 g/mol. The van der Waals surface area contributed by atoms with Gasteiger partial charge >= 0.3 is 0 Å². The molecule has 2 heterocycles. The van der Waals surface area contributed by atoms with Crippen molar-refractivity contribution in [1.82, 2.24) is 15.3 Å². The van der Waals surface area contributed by atoms with E-state index < -0.39 is 11.4 Å². The average molecular weight is 405 g/mol. The van der Waals surface area contributed by atoms with E-state index in [0.29, 0.717) is 26.0 Å². The number of nitrogens with two attached hydrogens (primary N) is 1. The molecule has 1 atom stereocenters. The Morgan fingerprint density at radius 1 is 1.03 bits per heavy atom. The van der Waals surface area contributed by atoms with Crippen LogP contribution >= 0.6 is 0 Å². The van der Waals surface area contributed by atoms with Gasteiger partial charge in [0.1, 0.15) is 11.3 Å². The summed E-state index contributed by atoms with van der Waals surface area (Å²) in [5, 5.41) is 3.47. The molecule has 3 rings (SSSR count). The number of pyridine rings is 2. The Kier molecular flexibility index (Phi) is 7.51. The number of ether oxygens (including phenoxy) is 1. The lowest BCUT2D eigenvalue weighted by atomic mass is 9.83. The smallest absolute Gasteiger partial charge is 0.242 e. The first-order chi connectivity index (χ1) is 14.6. The second-order valence-corrected chi connectivity index (χ2v) is 7.12. The summed E-state index contributed by atoms with van der Waals surface area (Å²) in [4.78, 5) is 21.1. The van der Waals surface area contributed by atoms with Gasteiger partial charge in [-0.25, -0.2) is 0 Å². The van der Waals surface area contributed by atoms with Gasteiger partial charge in [0.2, 0.25) is 5.91 Å². The van der Waals surface area contributed by atoms with Crippen molar-refractivity contribution in [1.29, 1.82) is 0 Å². The zero-order valence-electron chi connectivity index (χ0n) is 17.3. The number of amides is 1. The number of nitrogens with one attached hydrogen (secondary N) is 1. The lowest BCUT2D eigenvalue weighted by Crippen LogP contribution is -2.53. The van der Waals surface area contributed by atoms with Crippen molar-refractivity contribution in [3.63, 3.8) is 0 Å². The number of hydrogen-bond acceptors (Lipinski definition) is 5. The van der Waals surface area contributed by atoms with Gasteiger partial charge in [0.25, 0.3) is 0 Å². The van der Waals surface area contributed by atoms with Crippen LogP contribution in [0.1, 0.15) is 30.0 Å². The van der Waals surface area contributed by atoms with Gasteiger partial charge in [0.15, 0.2) is 0 Å². The molecule has 1 amide bonds. The van der Waals surface area contributed by atoms with Crippen LogP contribution in [0.15, 0.2) is 73.3 Å². The maximum Gasteiger partial charge on any atom is 0.242 e. The fourth-order valence-electron chi connectivity index (χ4n) is 3.55. The van der Waals surface area contributed by atoms with Crippen molar-refractivity contribution in [2.45, 2.75) is 31.7 Å². The number of aryl methyl sites for hydroxylation is 1. The minimum Gasteiger partial charge on any atom is -0.494 e. The van der Waals surface area contributed by atoms with Crippen LogP contribution in [0.3, 0.4) is 0 Å². The number of aromatic nitrogens is 2. The summed E-state index contributed by atoms with van der Waals surface area (Å²) < 4.78 is 5.66. The zero-order chi connectivity index (χ0) is 21.2. The molecule has 6 heteroatoms. The first-order valence-electron chi connectivity index (χ1n) is 10.2. The third-order valence-electron chi connectivity index (χ3n) is 5.16. The van der Waals surface area contributed by atoms with Crippen LogP contribution in [0.2, 0.25) is 0 Å². The van der Waals surface area contributed by atoms with Crippen LogP contribution in [0.25, 0.3) is 0 Å². The van der Waals surface area contributed by atoms with E-state index in [2.05, 4.69) is 15.3 Å². The first kappa shape index (κ1) is 21.5. The molecule has 0 bridgehead atoms. The third kappa shape index (κ3) is 5.42. The molecule has 0 aliphatic carbocycles. The number of carbonyl (C=O) groups excluding carboxylic acids is 1. The molecule has 0 radical (unpaired) electrons. The van der Waals surface area contributed by atoms with Gasteiger partial charge in [-0.05, 0) is 73.2 Å². The number of benzene rings is 1. The van der Waals surface area contributed by atoms with Gasteiger partial charge in [-0.2, -0.15) is 0 Å². The van der Waals surface area contributed by atoms with E-state index in [1.807, 2.05) is 61.7 Å². The summed E-state index contributed by atoms with van der Waals surface area (Å²) in [5.41, 5.74) is 7.99. The molecule has 30 heavy (non-hydrogen) atoms. The topological polar surface area (TPSA) is 90.1 Å². The average Bonchev–Trinajstić information content (AvgIpc) is 2.78. The number of carbonyl (C=O) groups is 1. The van der Waals surface area contributed by atoms with Crippen molar-refractivity contribution in [2.75, 3.05) is 13.2 Å². The summed E-state index contributed by atoms with van der Waals surface area (Å²) in [7, 11) is 0. The quantitative estimate of drug-likeness (QED) is 0.513. The van der Waals surface area contributed by atoms with Gasteiger partial charge in [-0.1, -0.05) is 18.2 Å². The number of primary amides is 1. The fourth-order valence-corrected chi connectivity index (χ4v) is 3.55. The molecule has 0 fully saturated rings. The second kappa shape index (κ2) is 10.5. The van der Waals surface area contributed by atoms with E-state index in [9.17, 15) is 4.79 Å². The number of nitrogens with zero attached hydrogens (tertiary/aromatic N) is 2. The molecule has 0 aliphatic rings. The SMILES string of the molecule is CCOc1cccc(C(CCc2cccnc2)(NCCc2ccncc2)C(N)=O)c1. The highest BCUT2D eigenvalue weighted by Crippen LogP contribution is 2.30. The minimum absolute atomic E-state index is 0.408. The van der Waals surface area contributed by atoms with Gasteiger partial charge in [0.05, 0.1) is 6.61 Å². The van der Waals surface area contributed by atoms with Gasteiger partial charge in [-0.3, -0.25) is 20.1 Å².